The van der Waals surface area contributed by atoms with E-state index in [1.54, 1.807) is 30.3 Å². The minimum Gasteiger partial charge on any atom is -0.454 e. The number of hydrogen-bond acceptors (Lipinski definition) is 3. The maximum Gasteiger partial charge on any atom is 0.170 e. The monoisotopic (exact) mass is 330 g/mol. The highest BCUT2D eigenvalue weighted by atomic mass is 35.5. The number of nitrogens with zero attached hydrogens (tertiary/aromatic N) is 1. The number of rotatable bonds is 3. The first-order valence-electron chi connectivity index (χ1n) is 5.41. The van der Waals surface area contributed by atoms with E-state index in [9.17, 15) is 0 Å². The van der Waals surface area contributed by atoms with Gasteiger partial charge in [-0.2, -0.15) is 0 Å². The Balaban J connectivity index is 2.33. The molecular formula is C13H9Cl3N2O2. The predicted molar refractivity (Wildman–Crippen MR) is 80.5 cm³/mol. The van der Waals surface area contributed by atoms with Gasteiger partial charge >= 0.3 is 0 Å². The Kier molecular flexibility index (Phi) is 4.60. The average Bonchev–Trinajstić information content (AvgIpc) is 2.44. The van der Waals surface area contributed by atoms with E-state index in [2.05, 4.69) is 5.16 Å². The van der Waals surface area contributed by atoms with Crippen LogP contribution in [-0.4, -0.2) is 11.0 Å². The van der Waals surface area contributed by atoms with Crippen LogP contribution in [0.15, 0.2) is 41.6 Å². The Hall–Kier alpha value is -1.62. The summed E-state index contributed by atoms with van der Waals surface area (Å²) in [5.41, 5.74) is 5.95. The molecule has 2 rings (SSSR count). The van der Waals surface area contributed by atoms with Gasteiger partial charge in [-0.25, -0.2) is 0 Å². The van der Waals surface area contributed by atoms with Crippen LogP contribution in [0.2, 0.25) is 15.1 Å². The largest absolute Gasteiger partial charge is 0.454 e. The maximum atomic E-state index is 8.61. The van der Waals surface area contributed by atoms with Crippen LogP contribution in [0.1, 0.15) is 5.56 Å². The normalized spacial score (nSPS) is 11.4. The second kappa shape index (κ2) is 6.22. The third-order valence-electron chi connectivity index (χ3n) is 2.45. The highest BCUT2D eigenvalue weighted by molar-refractivity contribution is 6.34. The van der Waals surface area contributed by atoms with Gasteiger partial charge in [-0.05, 0) is 30.3 Å². The summed E-state index contributed by atoms with van der Waals surface area (Å²) in [5.74, 6) is 0.724. The van der Waals surface area contributed by atoms with Gasteiger partial charge < -0.3 is 15.7 Å². The molecule has 3 N–H and O–H groups in total. The van der Waals surface area contributed by atoms with E-state index in [0.717, 1.165) is 0 Å². The lowest BCUT2D eigenvalue weighted by molar-refractivity contribution is 0.318. The molecule has 0 heterocycles. The first-order chi connectivity index (χ1) is 9.51. The molecule has 7 heteroatoms. The van der Waals surface area contributed by atoms with Crippen molar-refractivity contribution in [2.24, 2.45) is 10.9 Å². The van der Waals surface area contributed by atoms with Crippen LogP contribution in [-0.2, 0) is 0 Å². The minimum atomic E-state index is -0.0424. The Labute approximate surface area is 130 Å². The van der Waals surface area contributed by atoms with Gasteiger partial charge in [0, 0.05) is 16.7 Å². The third kappa shape index (κ3) is 3.28. The summed E-state index contributed by atoms with van der Waals surface area (Å²) in [6.45, 7) is 0. The summed E-state index contributed by atoms with van der Waals surface area (Å²) in [6, 6.07) is 9.57. The molecule has 104 valence electrons. The maximum absolute atomic E-state index is 8.61. The van der Waals surface area contributed by atoms with Gasteiger partial charge in [-0.3, -0.25) is 0 Å². The van der Waals surface area contributed by atoms with Gasteiger partial charge in [0.05, 0.1) is 10.0 Å². The van der Waals surface area contributed by atoms with Crippen LogP contribution in [0.25, 0.3) is 0 Å². The number of amidine groups is 1. The first kappa shape index (κ1) is 14.8. The topological polar surface area (TPSA) is 67.8 Å². The smallest absolute Gasteiger partial charge is 0.170 e. The van der Waals surface area contributed by atoms with Crippen molar-refractivity contribution in [3.8, 4) is 11.5 Å². The SMILES string of the molecule is NC(=NO)c1ccc(Oc2cc(Cl)ccc2Cl)c(Cl)c1. The molecule has 0 radical (unpaired) electrons. The number of nitrogens with two attached hydrogens (primary N) is 1. The van der Waals surface area contributed by atoms with Crippen LogP contribution in [0.5, 0.6) is 11.5 Å². The number of hydrogen-bond donors (Lipinski definition) is 2. The van der Waals surface area contributed by atoms with Crippen molar-refractivity contribution in [2.45, 2.75) is 0 Å². The number of benzene rings is 2. The Morgan fingerprint density at radius 3 is 2.40 bits per heavy atom. The van der Waals surface area contributed by atoms with Gasteiger partial charge in [-0.1, -0.05) is 40.0 Å². The Morgan fingerprint density at radius 1 is 1.00 bits per heavy atom. The Bertz CT molecular complexity index is 675. The van der Waals surface area contributed by atoms with Crippen LogP contribution < -0.4 is 10.5 Å². The zero-order valence-electron chi connectivity index (χ0n) is 9.98. The molecule has 20 heavy (non-hydrogen) atoms. The molecule has 0 spiro atoms. The van der Waals surface area contributed by atoms with Gasteiger partial charge in [0.1, 0.15) is 11.5 Å². The molecule has 0 aromatic heterocycles. The summed E-state index contributed by atoms with van der Waals surface area (Å²) in [5, 5.41) is 12.7. The van der Waals surface area contributed by atoms with Crippen molar-refractivity contribution in [1.82, 2.24) is 0 Å². The predicted octanol–water partition coefficient (Wildman–Crippen LogP) is 4.53. The van der Waals surface area contributed by atoms with E-state index >= 15 is 0 Å². The summed E-state index contributed by atoms with van der Waals surface area (Å²) in [7, 11) is 0. The summed E-state index contributed by atoms with van der Waals surface area (Å²) in [6.07, 6.45) is 0. The van der Waals surface area contributed by atoms with E-state index in [0.29, 0.717) is 32.1 Å². The third-order valence-corrected chi connectivity index (χ3v) is 3.29. The molecular weight excluding hydrogens is 323 g/mol. The molecule has 0 fully saturated rings. The van der Waals surface area contributed by atoms with Crippen molar-refractivity contribution in [3.05, 3.63) is 57.0 Å². The van der Waals surface area contributed by atoms with Gasteiger partial charge in [0.15, 0.2) is 5.84 Å². The average molecular weight is 332 g/mol. The molecule has 0 saturated heterocycles. The molecule has 0 bridgehead atoms. The molecule has 0 aliphatic rings. The first-order valence-corrected chi connectivity index (χ1v) is 6.55. The molecule has 0 unspecified atom stereocenters. The van der Waals surface area contributed by atoms with E-state index < -0.39 is 0 Å². The number of ether oxygens (including phenoxy) is 1. The van der Waals surface area contributed by atoms with Crippen molar-refractivity contribution in [3.63, 3.8) is 0 Å². The fourth-order valence-corrected chi connectivity index (χ4v) is 2.01. The lowest BCUT2D eigenvalue weighted by atomic mass is 10.2. The minimum absolute atomic E-state index is 0.0424. The van der Waals surface area contributed by atoms with E-state index in [4.69, 9.17) is 50.5 Å². The van der Waals surface area contributed by atoms with Crippen LogP contribution in [0, 0.1) is 0 Å². The molecule has 4 nitrogen and oxygen atoms in total. The van der Waals surface area contributed by atoms with Crippen LogP contribution >= 0.6 is 34.8 Å². The molecule has 2 aromatic carbocycles. The van der Waals surface area contributed by atoms with Gasteiger partial charge in [0.25, 0.3) is 0 Å². The zero-order valence-corrected chi connectivity index (χ0v) is 12.2. The summed E-state index contributed by atoms with van der Waals surface area (Å²) in [4.78, 5) is 0. The quantitative estimate of drug-likeness (QED) is 0.376. The fraction of sp³-hybridized carbons (Fsp3) is 0. The Morgan fingerprint density at radius 2 is 1.75 bits per heavy atom. The van der Waals surface area contributed by atoms with E-state index in [-0.39, 0.29) is 5.84 Å². The molecule has 0 atom stereocenters. The lowest BCUT2D eigenvalue weighted by Gasteiger charge is -2.10. The molecule has 0 aliphatic carbocycles. The summed E-state index contributed by atoms with van der Waals surface area (Å²) < 4.78 is 5.60. The molecule has 0 amide bonds. The summed E-state index contributed by atoms with van der Waals surface area (Å²) >= 11 is 18.0. The van der Waals surface area contributed by atoms with Crippen molar-refractivity contribution in [2.75, 3.05) is 0 Å². The standard InChI is InChI=1S/C13H9Cl3N2O2/c14-8-2-3-9(15)12(6-8)20-11-4-1-7(5-10(11)16)13(17)18-19/h1-6,19H,(H2,17,18). The van der Waals surface area contributed by atoms with E-state index in [1.165, 1.54) is 6.07 Å². The van der Waals surface area contributed by atoms with Crippen LogP contribution in [0.4, 0.5) is 0 Å². The second-order valence-corrected chi connectivity index (χ2v) is 5.06. The molecule has 0 aliphatic heterocycles. The fourth-order valence-electron chi connectivity index (χ4n) is 1.47. The lowest BCUT2D eigenvalue weighted by Crippen LogP contribution is -2.12. The molecule has 2 aromatic rings. The van der Waals surface area contributed by atoms with Crippen LogP contribution in [0.3, 0.4) is 0 Å². The number of oxime groups is 1. The van der Waals surface area contributed by atoms with Crippen molar-refractivity contribution < 1.29 is 9.94 Å². The van der Waals surface area contributed by atoms with E-state index in [1.807, 2.05) is 0 Å². The number of halogens is 3. The highest BCUT2D eigenvalue weighted by Crippen LogP contribution is 2.35. The van der Waals surface area contributed by atoms with Crippen molar-refractivity contribution in [1.29, 1.82) is 0 Å². The van der Waals surface area contributed by atoms with Gasteiger partial charge in [-0.15, -0.1) is 0 Å². The highest BCUT2D eigenvalue weighted by Gasteiger charge is 2.09. The van der Waals surface area contributed by atoms with Crippen molar-refractivity contribution >= 4 is 40.6 Å². The van der Waals surface area contributed by atoms with Gasteiger partial charge in [0.2, 0.25) is 0 Å². The zero-order chi connectivity index (χ0) is 14.7. The molecule has 0 saturated carbocycles. The second-order valence-electron chi connectivity index (χ2n) is 3.81.